The van der Waals surface area contributed by atoms with E-state index in [1.165, 1.54) is 5.06 Å². The number of carbonyl (C=O) groups excluding carboxylic acids is 1. The van der Waals surface area contributed by atoms with Gasteiger partial charge in [0.2, 0.25) is 0 Å². The lowest BCUT2D eigenvalue weighted by Gasteiger charge is -2.32. The number of halogens is 2. The molecule has 0 N–H and O–H groups in total. The minimum Gasteiger partial charge on any atom is -0.493 e. The summed E-state index contributed by atoms with van der Waals surface area (Å²) in [5.74, 6) is 0.643. The first-order valence-electron chi connectivity index (χ1n) is 8.69. The van der Waals surface area contributed by atoms with Gasteiger partial charge in [-0.3, -0.25) is 9.63 Å². The molecule has 0 saturated carbocycles. The normalized spacial score (nSPS) is 20.9. The molecule has 3 aromatic rings. The number of benzene rings is 3. The first-order chi connectivity index (χ1) is 13.1. The van der Waals surface area contributed by atoms with Crippen molar-refractivity contribution in [3.05, 3.63) is 75.8 Å². The Morgan fingerprint density at radius 2 is 1.85 bits per heavy atom. The molecule has 1 amide bonds. The zero-order chi connectivity index (χ0) is 18.5. The van der Waals surface area contributed by atoms with Crippen molar-refractivity contribution in [3.8, 4) is 5.75 Å². The Hall–Kier alpha value is -2.27. The SMILES string of the molecule is O=C(c1ccc(Cl)c(Cl)c1)N1OC[C@@H]2COc3ccc4ccccc4c3[C@@H]21. The van der Waals surface area contributed by atoms with E-state index in [2.05, 4.69) is 12.1 Å². The van der Waals surface area contributed by atoms with Crippen molar-refractivity contribution in [2.24, 2.45) is 5.92 Å². The number of nitrogens with zero attached hydrogens (tertiary/aromatic N) is 1. The van der Waals surface area contributed by atoms with Crippen molar-refractivity contribution in [1.82, 2.24) is 5.06 Å². The minimum atomic E-state index is -0.234. The van der Waals surface area contributed by atoms with Crippen LogP contribution in [0, 0.1) is 5.92 Å². The predicted molar refractivity (Wildman–Crippen MR) is 104 cm³/mol. The smallest absolute Gasteiger partial charge is 0.278 e. The van der Waals surface area contributed by atoms with Crippen LogP contribution in [0.1, 0.15) is 22.0 Å². The third-order valence-electron chi connectivity index (χ3n) is 5.17. The Morgan fingerprint density at radius 3 is 2.70 bits per heavy atom. The molecule has 0 aromatic heterocycles. The van der Waals surface area contributed by atoms with Crippen molar-refractivity contribution in [3.63, 3.8) is 0 Å². The van der Waals surface area contributed by atoms with E-state index < -0.39 is 0 Å². The fourth-order valence-corrected chi connectivity index (χ4v) is 4.17. The summed E-state index contributed by atoms with van der Waals surface area (Å²) in [6, 6.07) is 16.8. The van der Waals surface area contributed by atoms with Gasteiger partial charge in [0.25, 0.3) is 5.91 Å². The van der Waals surface area contributed by atoms with Gasteiger partial charge in [0, 0.05) is 17.0 Å². The van der Waals surface area contributed by atoms with Gasteiger partial charge in [-0.1, -0.05) is 53.5 Å². The van der Waals surface area contributed by atoms with Crippen LogP contribution in [0.2, 0.25) is 10.0 Å². The molecule has 2 atom stereocenters. The highest BCUT2D eigenvalue weighted by Crippen LogP contribution is 2.47. The monoisotopic (exact) mass is 399 g/mol. The number of ether oxygens (including phenoxy) is 1. The standard InChI is InChI=1S/C21H15Cl2NO3/c22-16-7-5-13(9-17(16)23)21(25)24-20-14(11-27-24)10-26-18-8-6-12-3-1-2-4-15(12)19(18)20/h1-9,14,20H,10-11H2/t14-,20+/m0/s1. The highest BCUT2D eigenvalue weighted by Gasteiger charge is 2.45. The molecular formula is C21H15Cl2NO3. The molecule has 0 unspecified atom stereocenters. The fourth-order valence-electron chi connectivity index (χ4n) is 3.88. The van der Waals surface area contributed by atoms with E-state index in [0.717, 1.165) is 22.1 Å². The van der Waals surface area contributed by atoms with E-state index in [4.69, 9.17) is 32.8 Å². The van der Waals surface area contributed by atoms with Crippen molar-refractivity contribution in [2.45, 2.75) is 6.04 Å². The summed E-state index contributed by atoms with van der Waals surface area (Å²) in [4.78, 5) is 19.0. The van der Waals surface area contributed by atoms with E-state index >= 15 is 0 Å². The van der Waals surface area contributed by atoms with Gasteiger partial charge >= 0.3 is 0 Å². The quantitative estimate of drug-likeness (QED) is 0.558. The van der Waals surface area contributed by atoms with Gasteiger partial charge in [0.1, 0.15) is 5.75 Å². The number of fused-ring (bicyclic) bond motifs is 5. The van der Waals surface area contributed by atoms with Gasteiger partial charge in [-0.15, -0.1) is 0 Å². The fraction of sp³-hybridized carbons (Fsp3) is 0.190. The number of rotatable bonds is 1. The van der Waals surface area contributed by atoms with Crippen LogP contribution in [0.4, 0.5) is 0 Å². The molecule has 27 heavy (non-hydrogen) atoms. The molecule has 1 fully saturated rings. The molecule has 3 aromatic carbocycles. The summed E-state index contributed by atoms with van der Waals surface area (Å²) in [7, 11) is 0. The molecule has 0 aliphatic carbocycles. The van der Waals surface area contributed by atoms with Crippen LogP contribution in [0.25, 0.3) is 10.8 Å². The lowest BCUT2D eigenvalue weighted by atomic mass is 9.88. The summed E-state index contributed by atoms with van der Waals surface area (Å²) in [6.07, 6.45) is 0. The second kappa shape index (κ2) is 6.41. The Bertz CT molecular complexity index is 1070. The van der Waals surface area contributed by atoms with Crippen LogP contribution in [0.15, 0.2) is 54.6 Å². The summed E-state index contributed by atoms with van der Waals surface area (Å²) < 4.78 is 5.96. The van der Waals surface area contributed by atoms with Crippen LogP contribution in [-0.4, -0.2) is 24.2 Å². The van der Waals surface area contributed by atoms with Crippen molar-refractivity contribution < 1.29 is 14.4 Å². The summed E-state index contributed by atoms with van der Waals surface area (Å²) in [5.41, 5.74) is 1.44. The number of hydroxylamine groups is 2. The third-order valence-corrected chi connectivity index (χ3v) is 5.91. The van der Waals surface area contributed by atoms with E-state index in [0.29, 0.717) is 28.8 Å². The summed E-state index contributed by atoms with van der Waals surface area (Å²) >= 11 is 12.1. The maximum Gasteiger partial charge on any atom is 0.278 e. The lowest BCUT2D eigenvalue weighted by molar-refractivity contribution is -0.0965. The first kappa shape index (κ1) is 16.9. The second-order valence-electron chi connectivity index (χ2n) is 6.77. The average Bonchev–Trinajstić information content (AvgIpc) is 3.13. The highest BCUT2D eigenvalue weighted by atomic mass is 35.5. The van der Waals surface area contributed by atoms with Crippen LogP contribution in [0.5, 0.6) is 5.75 Å². The highest BCUT2D eigenvalue weighted by molar-refractivity contribution is 6.42. The molecule has 0 radical (unpaired) electrons. The predicted octanol–water partition coefficient (Wildman–Crippen LogP) is 5.28. The minimum absolute atomic E-state index is 0.0787. The largest absolute Gasteiger partial charge is 0.493 e. The molecule has 5 rings (SSSR count). The van der Waals surface area contributed by atoms with E-state index in [-0.39, 0.29) is 17.9 Å². The lowest BCUT2D eigenvalue weighted by Crippen LogP contribution is -2.35. The Labute approximate surface area is 166 Å². The Kier molecular flexibility index (Phi) is 4.01. The van der Waals surface area contributed by atoms with Gasteiger partial charge < -0.3 is 4.74 Å². The number of amides is 1. The van der Waals surface area contributed by atoms with Crippen molar-refractivity contribution >= 4 is 39.9 Å². The van der Waals surface area contributed by atoms with Gasteiger partial charge in [-0.05, 0) is 35.0 Å². The van der Waals surface area contributed by atoms with Crippen molar-refractivity contribution in [1.29, 1.82) is 0 Å². The number of hydrogen-bond donors (Lipinski definition) is 0. The first-order valence-corrected chi connectivity index (χ1v) is 9.45. The molecule has 0 bridgehead atoms. The number of hydrogen-bond acceptors (Lipinski definition) is 3. The van der Waals surface area contributed by atoms with E-state index in [1.807, 2.05) is 24.3 Å². The molecular weight excluding hydrogens is 385 g/mol. The van der Waals surface area contributed by atoms with Crippen molar-refractivity contribution in [2.75, 3.05) is 13.2 Å². The van der Waals surface area contributed by atoms with Gasteiger partial charge in [0.05, 0.1) is 29.3 Å². The summed E-state index contributed by atoms with van der Waals surface area (Å²) in [6.45, 7) is 0.946. The molecule has 2 aliphatic heterocycles. The third kappa shape index (κ3) is 2.67. The van der Waals surface area contributed by atoms with E-state index in [9.17, 15) is 4.79 Å². The second-order valence-corrected chi connectivity index (χ2v) is 7.58. The number of carbonyl (C=O) groups is 1. The molecule has 0 spiro atoms. The molecule has 1 saturated heterocycles. The zero-order valence-electron chi connectivity index (χ0n) is 14.2. The topological polar surface area (TPSA) is 38.8 Å². The van der Waals surface area contributed by atoms with Crippen LogP contribution < -0.4 is 4.74 Å². The Morgan fingerprint density at radius 1 is 1.00 bits per heavy atom. The average molecular weight is 400 g/mol. The molecule has 2 aliphatic rings. The molecule has 136 valence electrons. The van der Waals surface area contributed by atoms with Gasteiger partial charge in [-0.25, -0.2) is 5.06 Å². The molecule has 4 nitrogen and oxygen atoms in total. The van der Waals surface area contributed by atoms with Gasteiger partial charge in [0.15, 0.2) is 0 Å². The maximum absolute atomic E-state index is 13.2. The van der Waals surface area contributed by atoms with Crippen LogP contribution in [-0.2, 0) is 4.84 Å². The molecule has 6 heteroatoms. The van der Waals surface area contributed by atoms with Gasteiger partial charge in [-0.2, -0.15) is 0 Å². The summed E-state index contributed by atoms with van der Waals surface area (Å²) in [5, 5.41) is 4.40. The molecule has 2 heterocycles. The zero-order valence-corrected chi connectivity index (χ0v) is 15.7. The van der Waals surface area contributed by atoms with E-state index in [1.54, 1.807) is 18.2 Å². The maximum atomic E-state index is 13.2. The van der Waals surface area contributed by atoms with Crippen LogP contribution >= 0.6 is 23.2 Å². The Balaban J connectivity index is 1.61. The van der Waals surface area contributed by atoms with Crippen LogP contribution in [0.3, 0.4) is 0 Å².